The Hall–Kier alpha value is -1.99. The molecule has 2 aromatic carbocycles. The van der Waals surface area contributed by atoms with E-state index < -0.39 is 0 Å². The summed E-state index contributed by atoms with van der Waals surface area (Å²) in [6.45, 7) is 30.4. The number of hydrogen-bond donors (Lipinski definition) is 0. The summed E-state index contributed by atoms with van der Waals surface area (Å²) in [5, 5.41) is 0. The third-order valence-corrected chi connectivity index (χ3v) is 14.4. The van der Waals surface area contributed by atoms with Crippen molar-refractivity contribution in [1.82, 2.24) is 0 Å². The summed E-state index contributed by atoms with van der Waals surface area (Å²) in [7, 11) is 0. The zero-order valence-corrected chi connectivity index (χ0v) is 48.1. The maximum Gasteiger partial charge on any atom is 2.00 e. The molecule has 0 radical (unpaired) electrons. The molecule has 0 unspecified atom stereocenters. The zero-order chi connectivity index (χ0) is 49.5. The largest absolute Gasteiger partial charge is 2.00 e. The third kappa shape index (κ3) is 26.5. The Morgan fingerprint density at radius 2 is 0.662 bits per heavy atom. The fourth-order valence-corrected chi connectivity index (χ4v) is 9.80. The number of allylic oxidation sites excluding steroid dienone is 2. The molecule has 0 bridgehead atoms. The van der Waals surface area contributed by atoms with Gasteiger partial charge < -0.3 is 19.4 Å². The SMILES string of the molecule is CCCCCCCCC1=C(c2cc(CCCC)c(CCCC)c(CCCC)c2)[N+](=[N-])C(c2cc(C)c(C)c(C)c2)=C1CCCC.[CH2-]CCCCCCCCCC.[CH2-]CCCCCCCCCC.[Ni+2]. The molecule has 1 heterocycles. The van der Waals surface area contributed by atoms with Gasteiger partial charge in [0, 0.05) is 22.3 Å². The first-order valence-electron chi connectivity index (χ1n) is 29.4. The molecule has 3 rings (SSSR count). The Kier molecular flexibility index (Phi) is 42.5. The molecule has 68 heavy (non-hydrogen) atoms. The van der Waals surface area contributed by atoms with E-state index in [0.717, 1.165) is 68.3 Å². The number of aryl methyl sites for hydroxylation is 4. The van der Waals surface area contributed by atoms with Crippen LogP contribution in [-0.4, -0.2) is 4.70 Å². The summed E-state index contributed by atoms with van der Waals surface area (Å²) in [5.41, 5.74) is 28.3. The molecule has 0 aromatic heterocycles. The standard InChI is InChI=1S/C43H66N2.2C11H23.Ni/c1-9-14-19-20-21-22-27-41-40(26-18-13-5)42(37-28-32(6)34(8)33(7)29-37)45(44)43(41)38-30-35(23-15-10-2)39(25-17-12-4)36(31-38)24-16-11-3;2*1-3-5-7-9-11-10-8-6-4-2;/h28-31H,9-27H2,1-8H3;2*1,3-11H2,2H3;/q;2*-1;+2. The molecule has 0 atom stereocenters. The van der Waals surface area contributed by atoms with Crippen molar-refractivity contribution in [3.05, 3.63) is 99.3 Å². The van der Waals surface area contributed by atoms with Crippen LogP contribution in [0.5, 0.6) is 0 Å². The van der Waals surface area contributed by atoms with Crippen LogP contribution in [0.15, 0.2) is 35.4 Å². The van der Waals surface area contributed by atoms with Crippen molar-refractivity contribution in [2.24, 2.45) is 0 Å². The number of hydrogen-bond acceptors (Lipinski definition) is 0. The van der Waals surface area contributed by atoms with E-state index in [4.69, 9.17) is 0 Å². The minimum absolute atomic E-state index is 0. The number of rotatable bonds is 37. The van der Waals surface area contributed by atoms with Gasteiger partial charge in [0.05, 0.1) is 0 Å². The summed E-state index contributed by atoms with van der Waals surface area (Å²) in [6, 6.07) is 9.60. The minimum Gasteiger partial charge on any atom is -0.493 e. The fourth-order valence-electron chi connectivity index (χ4n) is 9.80. The Morgan fingerprint density at radius 1 is 0.368 bits per heavy atom. The van der Waals surface area contributed by atoms with Gasteiger partial charge in [-0.2, -0.15) is 12.8 Å². The van der Waals surface area contributed by atoms with E-state index in [0.29, 0.717) is 0 Å². The average Bonchev–Trinajstić information content (AvgIpc) is 3.61. The second kappa shape index (κ2) is 43.8. The molecule has 0 saturated carbocycles. The van der Waals surface area contributed by atoms with E-state index in [1.54, 1.807) is 10.3 Å². The van der Waals surface area contributed by atoms with Gasteiger partial charge in [0.25, 0.3) is 0 Å². The molecule has 3 heteroatoms. The van der Waals surface area contributed by atoms with Gasteiger partial charge in [-0.25, -0.2) is 4.70 Å². The van der Waals surface area contributed by atoms with Gasteiger partial charge in [-0.05, 0) is 143 Å². The maximum atomic E-state index is 12.4. The molecule has 0 saturated heterocycles. The van der Waals surface area contributed by atoms with Crippen molar-refractivity contribution in [2.45, 2.75) is 307 Å². The molecule has 0 amide bonds. The first kappa shape index (κ1) is 66.0. The van der Waals surface area contributed by atoms with E-state index in [1.807, 2.05) is 0 Å². The minimum atomic E-state index is 0. The smallest absolute Gasteiger partial charge is 0.493 e. The van der Waals surface area contributed by atoms with Crippen molar-refractivity contribution in [2.75, 3.05) is 0 Å². The summed E-state index contributed by atoms with van der Waals surface area (Å²) >= 11 is 0. The van der Waals surface area contributed by atoms with Gasteiger partial charge in [0.1, 0.15) is 0 Å². The van der Waals surface area contributed by atoms with Crippen LogP contribution < -0.4 is 0 Å². The average molecular weight is 980 g/mol. The molecular formula is C65H112N2Ni. The molecule has 0 aliphatic carbocycles. The second-order valence-corrected chi connectivity index (χ2v) is 20.6. The number of nitrogens with zero attached hydrogens (tertiary/aromatic N) is 2. The first-order chi connectivity index (χ1) is 32.6. The van der Waals surface area contributed by atoms with Gasteiger partial charge in [-0.15, -0.1) is 0 Å². The van der Waals surface area contributed by atoms with Crippen LogP contribution in [0.4, 0.5) is 0 Å². The number of benzene rings is 2. The summed E-state index contributed by atoms with van der Waals surface area (Å²) in [6.07, 6.45) is 47.6. The molecule has 1 aliphatic rings. The Labute approximate surface area is 436 Å². The molecular weight excluding hydrogens is 867 g/mol. The van der Waals surface area contributed by atoms with Crippen molar-refractivity contribution in [3.63, 3.8) is 0 Å². The van der Waals surface area contributed by atoms with Crippen molar-refractivity contribution < 1.29 is 21.2 Å². The normalized spacial score (nSPS) is 12.3. The molecule has 0 fully saturated rings. The summed E-state index contributed by atoms with van der Waals surface area (Å²) in [4.78, 5) is 0. The van der Waals surface area contributed by atoms with E-state index >= 15 is 0 Å². The van der Waals surface area contributed by atoms with E-state index in [-0.39, 0.29) is 16.5 Å². The molecule has 392 valence electrons. The Bertz CT molecular complexity index is 1540. The predicted octanol–water partition coefficient (Wildman–Crippen LogP) is 22.5. The molecule has 2 nitrogen and oxygen atoms in total. The van der Waals surface area contributed by atoms with Crippen LogP contribution in [0.2, 0.25) is 0 Å². The van der Waals surface area contributed by atoms with Crippen molar-refractivity contribution >= 4 is 11.4 Å². The van der Waals surface area contributed by atoms with Gasteiger partial charge >= 0.3 is 16.5 Å². The van der Waals surface area contributed by atoms with Gasteiger partial charge in [-0.1, -0.05) is 209 Å². The quantitative estimate of drug-likeness (QED) is 0.0279. The van der Waals surface area contributed by atoms with Crippen LogP contribution in [0, 0.1) is 34.6 Å². The second-order valence-electron chi connectivity index (χ2n) is 20.6. The summed E-state index contributed by atoms with van der Waals surface area (Å²) in [5.74, 6) is 0. The summed E-state index contributed by atoms with van der Waals surface area (Å²) < 4.78 is 1.63. The first-order valence-corrected chi connectivity index (χ1v) is 29.4. The number of unbranched alkanes of at least 4 members (excludes halogenated alkanes) is 25. The predicted molar refractivity (Wildman–Crippen MR) is 303 cm³/mol. The van der Waals surface area contributed by atoms with Gasteiger partial charge in [0.15, 0.2) is 0 Å². The van der Waals surface area contributed by atoms with Crippen LogP contribution in [0.3, 0.4) is 0 Å². The molecule has 2 aromatic rings. The van der Waals surface area contributed by atoms with E-state index in [9.17, 15) is 5.53 Å². The van der Waals surface area contributed by atoms with Gasteiger partial charge in [0.2, 0.25) is 11.4 Å². The van der Waals surface area contributed by atoms with Gasteiger partial charge in [-0.3, -0.25) is 0 Å². The molecule has 0 spiro atoms. The van der Waals surface area contributed by atoms with Crippen LogP contribution in [-0.2, 0) is 35.8 Å². The molecule has 1 aliphatic heterocycles. The molecule has 0 N–H and O–H groups in total. The monoisotopic (exact) mass is 979 g/mol. The third-order valence-electron chi connectivity index (χ3n) is 14.4. The van der Waals surface area contributed by atoms with Crippen molar-refractivity contribution in [1.29, 1.82) is 0 Å². The maximum absolute atomic E-state index is 12.4. The van der Waals surface area contributed by atoms with E-state index in [2.05, 4.69) is 107 Å². The van der Waals surface area contributed by atoms with Crippen LogP contribution in [0.25, 0.3) is 16.9 Å². The Balaban J connectivity index is 0.00000160. The fraction of sp³-hybridized carbons (Fsp3) is 0.723. The van der Waals surface area contributed by atoms with Crippen molar-refractivity contribution in [3.8, 4) is 0 Å². The van der Waals surface area contributed by atoms with Crippen LogP contribution in [0.1, 0.15) is 311 Å². The Morgan fingerprint density at radius 3 is 1.03 bits per heavy atom. The van der Waals surface area contributed by atoms with E-state index in [1.165, 1.54) is 231 Å². The zero-order valence-electron chi connectivity index (χ0n) is 47.1. The topological polar surface area (TPSA) is 25.3 Å². The van der Waals surface area contributed by atoms with Crippen LogP contribution >= 0.6 is 0 Å².